The minimum Gasteiger partial charge on any atom is -0.497 e. The van der Waals surface area contributed by atoms with Crippen LogP contribution in [0.2, 0.25) is 5.02 Å². The fourth-order valence-electron chi connectivity index (χ4n) is 6.12. The number of nitrogens with one attached hydrogen (secondary N) is 2. The lowest BCUT2D eigenvalue weighted by molar-refractivity contribution is 0.107. The molecule has 196 valence electrons. The molecule has 4 aliphatic heterocycles. The SMILES string of the molecule is COc1ccc(CC23CC(CN(c4ccc(C5(NCCF)C=Cc6c(C#N)cnn6C5)cn4)C2)N3)c(Cl)c1. The first-order chi connectivity index (χ1) is 18.5. The van der Waals surface area contributed by atoms with Crippen LogP contribution in [0, 0.1) is 11.3 Å². The summed E-state index contributed by atoms with van der Waals surface area (Å²) in [6.45, 7) is 1.88. The number of benzene rings is 1. The number of anilines is 1. The van der Waals surface area contributed by atoms with Gasteiger partial charge in [-0.15, -0.1) is 0 Å². The third-order valence-corrected chi connectivity index (χ3v) is 8.27. The first kappa shape index (κ1) is 24.9. The lowest BCUT2D eigenvalue weighted by Crippen LogP contribution is -2.76. The van der Waals surface area contributed by atoms with Gasteiger partial charge < -0.3 is 15.0 Å². The Morgan fingerprint density at radius 2 is 2.16 bits per heavy atom. The lowest BCUT2D eigenvalue weighted by Gasteiger charge is -2.58. The second-order valence-corrected chi connectivity index (χ2v) is 10.8. The molecule has 6 heterocycles. The van der Waals surface area contributed by atoms with Gasteiger partial charge in [0.15, 0.2) is 0 Å². The molecule has 3 saturated heterocycles. The molecule has 0 aliphatic carbocycles. The topological polar surface area (TPSA) is 91.0 Å². The van der Waals surface area contributed by atoms with Crippen LogP contribution in [0.4, 0.5) is 10.2 Å². The zero-order valence-corrected chi connectivity index (χ0v) is 21.9. The van der Waals surface area contributed by atoms with Crippen molar-refractivity contribution in [1.82, 2.24) is 25.4 Å². The van der Waals surface area contributed by atoms with Gasteiger partial charge in [-0.3, -0.25) is 10.00 Å². The van der Waals surface area contributed by atoms with Gasteiger partial charge in [-0.2, -0.15) is 10.4 Å². The molecule has 8 nitrogen and oxygen atoms in total. The van der Waals surface area contributed by atoms with Crippen molar-refractivity contribution in [3.05, 3.63) is 76.2 Å². The molecule has 38 heavy (non-hydrogen) atoms. The molecule has 2 aromatic heterocycles. The Morgan fingerprint density at radius 3 is 2.87 bits per heavy atom. The second-order valence-electron chi connectivity index (χ2n) is 10.4. The molecule has 4 aliphatic rings. The monoisotopic (exact) mass is 533 g/mol. The molecule has 0 spiro atoms. The average molecular weight is 534 g/mol. The molecule has 3 fully saturated rings. The quantitative estimate of drug-likeness (QED) is 0.458. The second kappa shape index (κ2) is 9.70. The van der Waals surface area contributed by atoms with Crippen LogP contribution in [0.3, 0.4) is 0 Å². The highest BCUT2D eigenvalue weighted by atomic mass is 35.5. The van der Waals surface area contributed by atoms with E-state index >= 15 is 0 Å². The third-order valence-electron chi connectivity index (χ3n) is 7.92. The fourth-order valence-corrected chi connectivity index (χ4v) is 6.36. The van der Waals surface area contributed by atoms with Crippen LogP contribution < -0.4 is 20.3 Å². The fraction of sp³-hybridized carbons (Fsp3) is 0.393. The van der Waals surface area contributed by atoms with Gasteiger partial charge in [-0.05, 0) is 48.2 Å². The van der Waals surface area contributed by atoms with E-state index in [0.717, 1.165) is 59.3 Å². The van der Waals surface area contributed by atoms with E-state index in [1.54, 1.807) is 18.0 Å². The standard InChI is InChI=1S/C28H29ClFN7O/c1-38-23-4-2-19(24(29)10-23)11-27-12-22(35-27)16-36(17-27)26-5-3-21(15-32-26)28(33-9-8-30)7-6-25-20(13-31)14-34-37(25)18-28/h2-7,10,14-15,22,33,35H,8-9,11-12,16-18H2,1H3. The number of aromatic nitrogens is 3. The highest BCUT2D eigenvalue weighted by Crippen LogP contribution is 2.39. The molecule has 10 heteroatoms. The van der Waals surface area contributed by atoms with Crippen LogP contribution in [0.15, 0.2) is 48.8 Å². The molecule has 1 aromatic carbocycles. The summed E-state index contributed by atoms with van der Waals surface area (Å²) >= 11 is 6.55. The molecule has 0 amide bonds. The van der Waals surface area contributed by atoms with Crippen molar-refractivity contribution < 1.29 is 9.13 Å². The Bertz CT molecular complexity index is 1410. The zero-order chi connectivity index (χ0) is 26.3. The van der Waals surface area contributed by atoms with Crippen molar-refractivity contribution in [3.8, 4) is 11.8 Å². The van der Waals surface area contributed by atoms with Gasteiger partial charge in [0, 0.05) is 42.4 Å². The number of piperidine rings is 1. The van der Waals surface area contributed by atoms with E-state index in [1.807, 2.05) is 42.6 Å². The van der Waals surface area contributed by atoms with Crippen LogP contribution in [-0.4, -0.2) is 59.8 Å². The molecular formula is C28H29ClFN7O. The number of fused-ring (bicyclic) bond motifs is 3. The highest BCUT2D eigenvalue weighted by molar-refractivity contribution is 6.31. The van der Waals surface area contributed by atoms with Gasteiger partial charge >= 0.3 is 0 Å². The van der Waals surface area contributed by atoms with E-state index in [0.29, 0.717) is 18.2 Å². The zero-order valence-electron chi connectivity index (χ0n) is 21.1. The molecule has 2 bridgehead atoms. The maximum Gasteiger partial charge on any atom is 0.128 e. The molecule has 3 unspecified atom stereocenters. The summed E-state index contributed by atoms with van der Waals surface area (Å²) in [7, 11) is 1.64. The summed E-state index contributed by atoms with van der Waals surface area (Å²) in [5.74, 6) is 1.67. The van der Waals surface area contributed by atoms with Gasteiger partial charge in [0.25, 0.3) is 0 Å². The number of nitriles is 1. The highest BCUT2D eigenvalue weighted by Gasteiger charge is 2.50. The number of ether oxygens (including phenoxy) is 1. The van der Waals surface area contributed by atoms with Crippen LogP contribution in [0.25, 0.3) is 6.08 Å². The number of piperazine rings is 1. The van der Waals surface area contributed by atoms with E-state index < -0.39 is 12.2 Å². The maximum atomic E-state index is 13.2. The van der Waals surface area contributed by atoms with Gasteiger partial charge in [0.2, 0.25) is 0 Å². The molecular weight excluding hydrogens is 505 g/mol. The summed E-state index contributed by atoms with van der Waals surface area (Å²) in [6.07, 6.45) is 9.24. The molecule has 7 rings (SSSR count). The first-order valence-corrected chi connectivity index (χ1v) is 13.1. The maximum absolute atomic E-state index is 13.2. The number of rotatable bonds is 8. The van der Waals surface area contributed by atoms with E-state index in [2.05, 4.69) is 32.8 Å². The van der Waals surface area contributed by atoms with Gasteiger partial charge in [-0.25, -0.2) is 9.37 Å². The van der Waals surface area contributed by atoms with Crippen molar-refractivity contribution in [1.29, 1.82) is 5.26 Å². The van der Waals surface area contributed by atoms with E-state index in [4.69, 9.17) is 21.3 Å². The predicted molar refractivity (Wildman–Crippen MR) is 144 cm³/mol. The Balaban J connectivity index is 1.21. The van der Waals surface area contributed by atoms with E-state index in [9.17, 15) is 9.65 Å². The smallest absolute Gasteiger partial charge is 0.128 e. The van der Waals surface area contributed by atoms with Crippen molar-refractivity contribution in [2.45, 2.75) is 36.5 Å². The number of halogens is 2. The van der Waals surface area contributed by atoms with Crippen molar-refractivity contribution in [2.75, 3.05) is 38.3 Å². The van der Waals surface area contributed by atoms with Crippen molar-refractivity contribution in [2.24, 2.45) is 0 Å². The number of pyridine rings is 1. The first-order valence-electron chi connectivity index (χ1n) is 12.7. The third kappa shape index (κ3) is 4.33. The Morgan fingerprint density at radius 1 is 1.29 bits per heavy atom. The minimum absolute atomic E-state index is 0.0492. The average Bonchev–Trinajstić information content (AvgIpc) is 3.34. The van der Waals surface area contributed by atoms with Crippen LogP contribution in [0.5, 0.6) is 5.75 Å². The van der Waals surface area contributed by atoms with E-state index in [-0.39, 0.29) is 12.1 Å². The molecule has 3 atom stereocenters. The van der Waals surface area contributed by atoms with Crippen molar-refractivity contribution in [3.63, 3.8) is 0 Å². The largest absolute Gasteiger partial charge is 0.497 e. The summed E-state index contributed by atoms with van der Waals surface area (Å²) in [4.78, 5) is 7.18. The molecule has 2 N–H and O–H groups in total. The number of alkyl halides is 1. The van der Waals surface area contributed by atoms with Crippen LogP contribution in [-0.2, 0) is 18.5 Å². The van der Waals surface area contributed by atoms with E-state index in [1.165, 1.54) is 0 Å². The Kier molecular flexibility index (Phi) is 6.34. The number of hydrogen-bond acceptors (Lipinski definition) is 7. The number of hydrogen-bond donors (Lipinski definition) is 2. The number of methoxy groups -OCH3 is 1. The molecule has 0 saturated carbocycles. The number of nitrogens with zero attached hydrogens (tertiary/aromatic N) is 5. The van der Waals surface area contributed by atoms with Crippen LogP contribution in [0.1, 0.15) is 28.8 Å². The summed E-state index contributed by atoms with van der Waals surface area (Å²) in [5, 5.41) is 21.5. The Labute approximate surface area is 226 Å². The molecule has 0 radical (unpaired) electrons. The lowest BCUT2D eigenvalue weighted by atomic mass is 9.73. The minimum atomic E-state index is -0.665. The normalized spacial score (nSPS) is 25.4. The summed E-state index contributed by atoms with van der Waals surface area (Å²) in [6, 6.07) is 12.5. The van der Waals surface area contributed by atoms with Gasteiger partial charge in [0.05, 0.1) is 36.6 Å². The summed E-state index contributed by atoms with van der Waals surface area (Å²) < 4.78 is 20.3. The van der Waals surface area contributed by atoms with Crippen molar-refractivity contribution >= 4 is 23.5 Å². The summed E-state index contributed by atoms with van der Waals surface area (Å²) in [5.41, 5.74) is 2.60. The van der Waals surface area contributed by atoms with Gasteiger partial charge in [-0.1, -0.05) is 29.8 Å². The predicted octanol–water partition coefficient (Wildman–Crippen LogP) is 3.46. The van der Waals surface area contributed by atoms with Crippen LogP contribution >= 0.6 is 11.6 Å². The van der Waals surface area contributed by atoms with Gasteiger partial charge in [0.1, 0.15) is 24.3 Å². The molecule has 3 aromatic rings. The Hall–Kier alpha value is -3.45.